The third-order valence-corrected chi connectivity index (χ3v) is 3.64. The van der Waals surface area contributed by atoms with Crippen LogP contribution in [0.25, 0.3) is 10.2 Å². The Balaban J connectivity index is 2.19. The van der Waals surface area contributed by atoms with E-state index in [1.54, 1.807) is 11.3 Å². The summed E-state index contributed by atoms with van der Waals surface area (Å²) in [7, 11) is 0. The van der Waals surface area contributed by atoms with E-state index in [4.69, 9.17) is 0 Å². The van der Waals surface area contributed by atoms with E-state index in [1.165, 1.54) is 4.70 Å². The van der Waals surface area contributed by atoms with Crippen molar-refractivity contribution in [1.82, 2.24) is 4.98 Å². The second-order valence-electron chi connectivity index (χ2n) is 5.05. The summed E-state index contributed by atoms with van der Waals surface area (Å²) in [6, 6.07) is 8.10. The van der Waals surface area contributed by atoms with Gasteiger partial charge in [-0.05, 0) is 19.1 Å². The van der Waals surface area contributed by atoms with Crippen molar-refractivity contribution in [2.75, 3.05) is 5.43 Å². The highest BCUT2D eigenvalue weighted by molar-refractivity contribution is 7.22. The van der Waals surface area contributed by atoms with Gasteiger partial charge in [0.1, 0.15) is 0 Å². The monoisotopic (exact) mass is 247 g/mol. The van der Waals surface area contributed by atoms with Crippen molar-refractivity contribution in [1.29, 1.82) is 0 Å². The lowest BCUT2D eigenvalue weighted by Gasteiger charge is -2.17. The van der Waals surface area contributed by atoms with E-state index in [1.807, 2.05) is 25.1 Å². The van der Waals surface area contributed by atoms with Crippen molar-refractivity contribution in [2.24, 2.45) is 10.5 Å². The zero-order valence-corrected chi connectivity index (χ0v) is 11.4. The molecule has 2 rings (SSSR count). The quantitative estimate of drug-likeness (QED) is 0.640. The lowest BCUT2D eigenvalue weighted by Crippen LogP contribution is -2.18. The molecule has 0 saturated carbocycles. The Hall–Kier alpha value is -1.42. The second kappa shape index (κ2) is 4.45. The first kappa shape index (κ1) is 12.0. The van der Waals surface area contributed by atoms with Crippen molar-refractivity contribution >= 4 is 32.4 Å². The van der Waals surface area contributed by atoms with Crippen molar-refractivity contribution in [3.05, 3.63) is 24.3 Å². The number of hydrazone groups is 1. The summed E-state index contributed by atoms with van der Waals surface area (Å²) in [6.45, 7) is 8.46. The Kier molecular flexibility index (Phi) is 3.15. The van der Waals surface area contributed by atoms with Crippen molar-refractivity contribution < 1.29 is 0 Å². The van der Waals surface area contributed by atoms with Gasteiger partial charge in [0, 0.05) is 11.1 Å². The van der Waals surface area contributed by atoms with Gasteiger partial charge in [-0.1, -0.05) is 44.2 Å². The Morgan fingerprint density at radius 2 is 2.00 bits per heavy atom. The van der Waals surface area contributed by atoms with Gasteiger partial charge in [-0.3, -0.25) is 5.43 Å². The molecule has 1 N–H and O–H groups in total. The molecule has 3 nitrogen and oxygen atoms in total. The SMILES string of the molecule is C/C(=N\Nc1nc2ccccc2s1)C(C)(C)C. The van der Waals surface area contributed by atoms with E-state index in [0.717, 1.165) is 16.4 Å². The minimum atomic E-state index is 0.0870. The van der Waals surface area contributed by atoms with Crippen molar-refractivity contribution in [2.45, 2.75) is 27.7 Å². The largest absolute Gasteiger partial charge is 0.253 e. The first-order valence-corrected chi connectivity index (χ1v) is 6.45. The fourth-order valence-corrected chi connectivity index (χ4v) is 2.03. The maximum atomic E-state index is 4.47. The average Bonchev–Trinajstić information content (AvgIpc) is 2.66. The third kappa shape index (κ3) is 2.82. The standard InChI is InChI=1S/C13H17N3S/c1-9(13(2,3)4)15-16-12-14-10-7-5-6-8-11(10)17-12/h5-8H,1-4H3,(H,14,16)/b15-9+. The predicted molar refractivity (Wildman–Crippen MR) is 75.8 cm³/mol. The molecule has 0 aliphatic rings. The number of hydrogen-bond acceptors (Lipinski definition) is 4. The van der Waals surface area contributed by atoms with Crippen LogP contribution in [0, 0.1) is 5.41 Å². The first-order valence-electron chi connectivity index (χ1n) is 5.63. The third-order valence-electron chi connectivity index (χ3n) is 2.70. The highest BCUT2D eigenvalue weighted by Gasteiger charge is 2.14. The van der Waals surface area contributed by atoms with E-state index in [9.17, 15) is 0 Å². The van der Waals surface area contributed by atoms with Crippen LogP contribution >= 0.6 is 11.3 Å². The van der Waals surface area contributed by atoms with Crippen LogP contribution in [0.5, 0.6) is 0 Å². The Labute approximate surface area is 106 Å². The molecule has 1 heterocycles. The van der Waals surface area contributed by atoms with Crippen LogP contribution in [-0.4, -0.2) is 10.7 Å². The molecule has 0 radical (unpaired) electrons. The van der Waals surface area contributed by atoms with Crippen LogP contribution < -0.4 is 5.43 Å². The lowest BCUT2D eigenvalue weighted by molar-refractivity contribution is 0.587. The maximum Gasteiger partial charge on any atom is 0.204 e. The molecule has 0 fully saturated rings. The van der Waals surface area contributed by atoms with Crippen LogP contribution in [0.4, 0.5) is 5.13 Å². The molecule has 0 spiro atoms. The number of rotatable bonds is 2. The van der Waals surface area contributed by atoms with Crippen LogP contribution in [-0.2, 0) is 0 Å². The molecule has 0 saturated heterocycles. The summed E-state index contributed by atoms with van der Waals surface area (Å²) >= 11 is 1.62. The van der Waals surface area contributed by atoms with E-state index < -0.39 is 0 Å². The lowest BCUT2D eigenvalue weighted by atomic mass is 9.91. The van der Waals surface area contributed by atoms with Gasteiger partial charge in [0.15, 0.2) is 0 Å². The number of fused-ring (bicyclic) bond motifs is 1. The summed E-state index contributed by atoms with van der Waals surface area (Å²) in [5.41, 5.74) is 5.21. The summed E-state index contributed by atoms with van der Waals surface area (Å²) < 4.78 is 1.18. The zero-order valence-electron chi connectivity index (χ0n) is 10.6. The normalized spacial score (nSPS) is 13.1. The molecule has 0 atom stereocenters. The van der Waals surface area contributed by atoms with Gasteiger partial charge in [-0.25, -0.2) is 4.98 Å². The summed E-state index contributed by atoms with van der Waals surface area (Å²) in [6.07, 6.45) is 0. The number of nitrogens with zero attached hydrogens (tertiary/aromatic N) is 2. The first-order chi connectivity index (χ1) is 7.97. The smallest absolute Gasteiger partial charge is 0.204 e. The van der Waals surface area contributed by atoms with Crippen LogP contribution in [0.1, 0.15) is 27.7 Å². The van der Waals surface area contributed by atoms with Gasteiger partial charge in [0.25, 0.3) is 0 Å². The molecule has 1 aromatic heterocycles. The Morgan fingerprint density at radius 3 is 2.65 bits per heavy atom. The van der Waals surface area contributed by atoms with Crippen LogP contribution in [0.15, 0.2) is 29.4 Å². The van der Waals surface area contributed by atoms with Gasteiger partial charge in [0.2, 0.25) is 5.13 Å². The zero-order chi connectivity index (χ0) is 12.5. The minimum Gasteiger partial charge on any atom is -0.253 e. The number of benzene rings is 1. The number of hydrogen-bond donors (Lipinski definition) is 1. The molecule has 0 bridgehead atoms. The van der Waals surface area contributed by atoms with Gasteiger partial charge in [-0.15, -0.1) is 0 Å². The molecular weight excluding hydrogens is 230 g/mol. The van der Waals surface area contributed by atoms with Crippen molar-refractivity contribution in [3.63, 3.8) is 0 Å². The van der Waals surface area contributed by atoms with E-state index in [0.29, 0.717) is 0 Å². The van der Waals surface area contributed by atoms with E-state index in [2.05, 4.69) is 42.3 Å². The number of para-hydroxylation sites is 1. The molecule has 0 aliphatic heterocycles. The molecule has 0 amide bonds. The van der Waals surface area contributed by atoms with E-state index in [-0.39, 0.29) is 5.41 Å². The Morgan fingerprint density at radius 1 is 1.29 bits per heavy atom. The van der Waals surface area contributed by atoms with Gasteiger partial charge >= 0.3 is 0 Å². The van der Waals surface area contributed by atoms with Crippen molar-refractivity contribution in [3.8, 4) is 0 Å². The van der Waals surface area contributed by atoms with E-state index >= 15 is 0 Å². The summed E-state index contributed by atoms with van der Waals surface area (Å²) in [4.78, 5) is 4.47. The average molecular weight is 247 g/mol. The predicted octanol–water partition coefficient (Wildman–Crippen LogP) is 4.13. The molecular formula is C13H17N3S. The Bertz CT molecular complexity index is 516. The molecule has 90 valence electrons. The maximum absolute atomic E-state index is 4.47. The molecule has 0 aliphatic carbocycles. The topological polar surface area (TPSA) is 37.3 Å². The molecule has 1 aromatic carbocycles. The minimum absolute atomic E-state index is 0.0870. The fraction of sp³-hybridized carbons (Fsp3) is 0.385. The molecule has 0 unspecified atom stereocenters. The number of thiazole rings is 1. The van der Waals surface area contributed by atoms with Crippen LogP contribution in [0.2, 0.25) is 0 Å². The van der Waals surface area contributed by atoms with Gasteiger partial charge < -0.3 is 0 Å². The highest BCUT2D eigenvalue weighted by atomic mass is 32.1. The highest BCUT2D eigenvalue weighted by Crippen LogP contribution is 2.25. The van der Waals surface area contributed by atoms with Gasteiger partial charge in [-0.2, -0.15) is 5.10 Å². The molecule has 2 aromatic rings. The van der Waals surface area contributed by atoms with Gasteiger partial charge in [0.05, 0.1) is 10.2 Å². The number of aromatic nitrogens is 1. The van der Waals surface area contributed by atoms with Crippen LogP contribution in [0.3, 0.4) is 0 Å². The fourth-order valence-electron chi connectivity index (χ4n) is 1.22. The summed E-state index contributed by atoms with van der Waals surface area (Å²) in [5, 5.41) is 5.22. The number of nitrogens with one attached hydrogen (secondary N) is 1. The molecule has 4 heteroatoms. The molecule has 17 heavy (non-hydrogen) atoms. The number of anilines is 1. The second-order valence-corrected chi connectivity index (χ2v) is 6.08. The summed E-state index contributed by atoms with van der Waals surface area (Å²) in [5.74, 6) is 0.